The van der Waals surface area contributed by atoms with Gasteiger partial charge in [-0.25, -0.2) is 17.5 Å². The fourth-order valence-electron chi connectivity index (χ4n) is 2.17. The first-order valence-electron chi connectivity index (χ1n) is 7.72. The molecule has 25 heavy (non-hydrogen) atoms. The van der Waals surface area contributed by atoms with Gasteiger partial charge in [0, 0.05) is 30.0 Å². The van der Waals surface area contributed by atoms with Crippen molar-refractivity contribution in [1.82, 2.24) is 15.0 Å². The lowest BCUT2D eigenvalue weighted by atomic mass is 10.1. The predicted molar refractivity (Wildman–Crippen MR) is 92.5 cm³/mol. The van der Waals surface area contributed by atoms with Crippen molar-refractivity contribution >= 4 is 15.9 Å². The van der Waals surface area contributed by atoms with Gasteiger partial charge in [-0.2, -0.15) is 0 Å². The normalized spacial score (nSPS) is 12.6. The van der Waals surface area contributed by atoms with E-state index in [2.05, 4.69) is 15.0 Å². The summed E-state index contributed by atoms with van der Waals surface area (Å²) in [6.07, 6.45) is 1.61. The number of benzene rings is 1. The van der Waals surface area contributed by atoms with E-state index in [0.29, 0.717) is 0 Å². The Hall–Kier alpha value is -2.32. The van der Waals surface area contributed by atoms with E-state index in [9.17, 15) is 17.6 Å². The average Bonchev–Trinajstić information content (AvgIpc) is 2.60. The summed E-state index contributed by atoms with van der Waals surface area (Å²) in [4.78, 5) is 16.0. The van der Waals surface area contributed by atoms with Crippen LogP contribution in [0.15, 0.2) is 47.5 Å². The third-order valence-electron chi connectivity index (χ3n) is 3.55. The van der Waals surface area contributed by atoms with E-state index in [4.69, 9.17) is 0 Å². The molecule has 0 saturated carbocycles. The van der Waals surface area contributed by atoms with Crippen LogP contribution in [0.2, 0.25) is 0 Å². The van der Waals surface area contributed by atoms with Gasteiger partial charge in [0.2, 0.25) is 10.0 Å². The summed E-state index contributed by atoms with van der Waals surface area (Å²) in [5.41, 5.74) is 1.72. The lowest BCUT2D eigenvalue weighted by Crippen LogP contribution is -2.28. The fourth-order valence-corrected chi connectivity index (χ4v) is 3.45. The second-order valence-electron chi connectivity index (χ2n) is 5.55. The van der Waals surface area contributed by atoms with Gasteiger partial charge < -0.3 is 5.32 Å². The summed E-state index contributed by atoms with van der Waals surface area (Å²) < 4.78 is 39.8. The number of hydrogen-bond donors (Lipinski definition) is 2. The van der Waals surface area contributed by atoms with Crippen LogP contribution >= 0.6 is 0 Å². The lowest BCUT2D eigenvalue weighted by Gasteiger charge is -2.15. The minimum absolute atomic E-state index is 0.0349. The van der Waals surface area contributed by atoms with Gasteiger partial charge in [0.1, 0.15) is 6.67 Å². The number of sulfonamides is 1. The van der Waals surface area contributed by atoms with Gasteiger partial charge in [0.15, 0.2) is 0 Å². The van der Waals surface area contributed by atoms with Crippen molar-refractivity contribution in [3.8, 4) is 0 Å². The molecule has 0 aliphatic rings. The molecule has 2 rings (SSSR count). The molecule has 0 unspecified atom stereocenters. The molecular formula is C17H20FN3O3S. The van der Waals surface area contributed by atoms with Crippen LogP contribution in [0.5, 0.6) is 0 Å². The fraction of sp³-hybridized carbons (Fsp3) is 0.294. The molecule has 2 aromatic rings. The van der Waals surface area contributed by atoms with Crippen molar-refractivity contribution in [3.63, 3.8) is 0 Å². The van der Waals surface area contributed by atoms with E-state index in [0.717, 1.165) is 11.3 Å². The standard InChI is InChI=1S/C17H20FN3O3S/c1-12-6-7-15(11-20-12)13(2)21-25(23,24)16-5-3-4-14(10-16)17(22)19-9-8-18/h3-7,10-11,13,21H,8-9H2,1-2H3,(H,19,22)/t13-/m1/s1. The highest BCUT2D eigenvalue weighted by molar-refractivity contribution is 7.89. The third-order valence-corrected chi connectivity index (χ3v) is 5.09. The van der Waals surface area contributed by atoms with Gasteiger partial charge in [-0.15, -0.1) is 0 Å². The van der Waals surface area contributed by atoms with E-state index in [1.54, 1.807) is 25.3 Å². The lowest BCUT2D eigenvalue weighted by molar-refractivity contribution is 0.0950. The van der Waals surface area contributed by atoms with Crippen LogP contribution in [-0.2, 0) is 10.0 Å². The van der Waals surface area contributed by atoms with E-state index >= 15 is 0 Å². The molecule has 1 aromatic heterocycles. The van der Waals surface area contributed by atoms with Crippen LogP contribution in [-0.4, -0.2) is 32.5 Å². The Balaban J connectivity index is 2.18. The van der Waals surface area contributed by atoms with E-state index in [-0.39, 0.29) is 17.0 Å². The minimum Gasteiger partial charge on any atom is -0.349 e. The molecule has 0 bridgehead atoms. The molecule has 8 heteroatoms. The van der Waals surface area contributed by atoms with Crippen molar-refractivity contribution in [2.75, 3.05) is 13.2 Å². The Kier molecular flexibility index (Phi) is 6.22. The van der Waals surface area contributed by atoms with Crippen molar-refractivity contribution in [1.29, 1.82) is 0 Å². The number of aryl methyl sites for hydroxylation is 1. The number of nitrogens with zero attached hydrogens (tertiary/aromatic N) is 1. The minimum atomic E-state index is -3.83. The quantitative estimate of drug-likeness (QED) is 0.787. The summed E-state index contributed by atoms with van der Waals surface area (Å²) in [7, 11) is -3.83. The number of amides is 1. The second kappa shape index (κ2) is 8.17. The highest BCUT2D eigenvalue weighted by Crippen LogP contribution is 2.17. The van der Waals surface area contributed by atoms with Gasteiger partial charge in [-0.3, -0.25) is 9.78 Å². The van der Waals surface area contributed by atoms with Crippen molar-refractivity contribution in [2.45, 2.75) is 24.8 Å². The number of hydrogen-bond acceptors (Lipinski definition) is 4. The summed E-state index contributed by atoms with van der Waals surface area (Å²) in [6.45, 7) is 2.75. The molecule has 2 N–H and O–H groups in total. The van der Waals surface area contributed by atoms with E-state index in [1.165, 1.54) is 24.3 Å². The molecule has 6 nitrogen and oxygen atoms in total. The highest BCUT2D eigenvalue weighted by Gasteiger charge is 2.20. The maximum Gasteiger partial charge on any atom is 0.251 e. The molecule has 0 saturated heterocycles. The van der Waals surface area contributed by atoms with Crippen LogP contribution in [0.1, 0.15) is 34.6 Å². The van der Waals surface area contributed by atoms with E-state index in [1.807, 2.05) is 6.92 Å². The van der Waals surface area contributed by atoms with Crippen LogP contribution in [0.4, 0.5) is 4.39 Å². The number of rotatable bonds is 7. The smallest absolute Gasteiger partial charge is 0.251 e. The molecule has 1 amide bonds. The number of aromatic nitrogens is 1. The Morgan fingerprint density at radius 3 is 2.68 bits per heavy atom. The van der Waals surface area contributed by atoms with Crippen LogP contribution in [0.3, 0.4) is 0 Å². The number of alkyl halides is 1. The number of halogens is 1. The van der Waals surface area contributed by atoms with Crippen molar-refractivity contribution in [3.05, 3.63) is 59.4 Å². The predicted octanol–water partition coefficient (Wildman–Crippen LogP) is 2.13. The zero-order chi connectivity index (χ0) is 18.4. The Morgan fingerprint density at radius 2 is 2.04 bits per heavy atom. The van der Waals surface area contributed by atoms with Gasteiger partial charge in [-0.05, 0) is 43.7 Å². The average molecular weight is 365 g/mol. The molecule has 0 aliphatic heterocycles. The molecule has 0 radical (unpaired) electrons. The maximum atomic E-state index is 12.5. The zero-order valence-corrected chi connectivity index (χ0v) is 14.8. The number of nitrogens with one attached hydrogen (secondary N) is 2. The summed E-state index contributed by atoms with van der Waals surface area (Å²) in [5.74, 6) is -0.523. The van der Waals surface area contributed by atoms with Crippen molar-refractivity contribution < 1.29 is 17.6 Å². The van der Waals surface area contributed by atoms with Gasteiger partial charge in [0.25, 0.3) is 5.91 Å². The first kappa shape index (κ1) is 19.0. The molecule has 134 valence electrons. The van der Waals surface area contributed by atoms with Crippen LogP contribution in [0.25, 0.3) is 0 Å². The number of carbonyl (C=O) groups excluding carboxylic acids is 1. The van der Waals surface area contributed by atoms with Crippen LogP contribution < -0.4 is 10.0 Å². The maximum absolute atomic E-state index is 12.5. The van der Waals surface area contributed by atoms with Crippen LogP contribution in [0, 0.1) is 6.92 Å². The molecule has 0 fully saturated rings. The monoisotopic (exact) mass is 365 g/mol. The molecule has 1 aromatic carbocycles. The highest BCUT2D eigenvalue weighted by atomic mass is 32.2. The Labute approximate surface area is 146 Å². The Morgan fingerprint density at radius 1 is 1.28 bits per heavy atom. The summed E-state index contributed by atoms with van der Waals surface area (Å²) in [6, 6.07) is 8.72. The molecule has 0 aliphatic carbocycles. The number of pyridine rings is 1. The molecule has 1 atom stereocenters. The molecule has 0 spiro atoms. The van der Waals surface area contributed by atoms with Crippen molar-refractivity contribution in [2.24, 2.45) is 0 Å². The topological polar surface area (TPSA) is 88.2 Å². The van der Waals surface area contributed by atoms with Gasteiger partial charge >= 0.3 is 0 Å². The SMILES string of the molecule is Cc1ccc([C@@H](C)NS(=O)(=O)c2cccc(C(=O)NCCF)c2)cn1. The summed E-state index contributed by atoms with van der Waals surface area (Å²) in [5, 5.41) is 2.36. The first-order valence-corrected chi connectivity index (χ1v) is 9.21. The summed E-state index contributed by atoms with van der Waals surface area (Å²) >= 11 is 0. The Bertz CT molecular complexity index is 838. The van der Waals surface area contributed by atoms with Gasteiger partial charge in [-0.1, -0.05) is 12.1 Å². The molecule has 1 heterocycles. The van der Waals surface area contributed by atoms with Gasteiger partial charge in [0.05, 0.1) is 4.90 Å². The number of carbonyl (C=O) groups is 1. The molecular weight excluding hydrogens is 345 g/mol. The van der Waals surface area contributed by atoms with E-state index < -0.39 is 28.6 Å². The second-order valence-corrected chi connectivity index (χ2v) is 7.26. The first-order chi connectivity index (χ1) is 11.8. The zero-order valence-electron chi connectivity index (χ0n) is 14.0. The third kappa shape index (κ3) is 5.07. The largest absolute Gasteiger partial charge is 0.349 e.